The van der Waals surface area contributed by atoms with Crippen molar-refractivity contribution in [3.05, 3.63) is 30.6 Å². The van der Waals surface area contributed by atoms with E-state index in [4.69, 9.17) is 4.74 Å². The summed E-state index contributed by atoms with van der Waals surface area (Å²) in [6.45, 7) is 9.71. The summed E-state index contributed by atoms with van der Waals surface area (Å²) in [5.74, 6) is -0.0431. The highest BCUT2D eigenvalue weighted by molar-refractivity contribution is 6.03. The van der Waals surface area contributed by atoms with E-state index in [0.29, 0.717) is 18.3 Å². The fourth-order valence-electron chi connectivity index (χ4n) is 4.67. The maximum atomic E-state index is 12.9. The monoisotopic (exact) mass is 439 g/mol. The van der Waals surface area contributed by atoms with Crippen molar-refractivity contribution < 1.29 is 14.3 Å². The van der Waals surface area contributed by atoms with Gasteiger partial charge in [-0.15, -0.1) is 0 Å². The lowest BCUT2D eigenvalue weighted by Gasteiger charge is -2.40. The predicted molar refractivity (Wildman–Crippen MR) is 125 cm³/mol. The molecule has 32 heavy (non-hydrogen) atoms. The lowest BCUT2D eigenvalue weighted by Crippen LogP contribution is -2.51. The first kappa shape index (κ1) is 22.3. The van der Waals surface area contributed by atoms with Crippen molar-refractivity contribution in [3.8, 4) is 11.1 Å². The van der Waals surface area contributed by atoms with Crippen molar-refractivity contribution in [2.45, 2.75) is 58.7 Å². The van der Waals surface area contributed by atoms with E-state index in [1.54, 1.807) is 16.7 Å². The molecular weight excluding hydrogens is 406 g/mol. The minimum atomic E-state index is -0.393. The Kier molecular flexibility index (Phi) is 6.24. The fraction of sp³-hybridized carbons (Fsp3) is 0.542. The van der Waals surface area contributed by atoms with Crippen LogP contribution in [0.1, 0.15) is 46.6 Å². The minimum Gasteiger partial charge on any atom is -0.446 e. The number of nitrogens with zero attached hydrogens (tertiary/aromatic N) is 5. The molecule has 1 unspecified atom stereocenters. The molecule has 172 valence electrons. The summed E-state index contributed by atoms with van der Waals surface area (Å²) in [7, 11) is 2.15. The van der Waals surface area contributed by atoms with E-state index in [0.717, 1.165) is 42.7 Å². The van der Waals surface area contributed by atoms with Gasteiger partial charge in [0.1, 0.15) is 0 Å². The van der Waals surface area contributed by atoms with Crippen LogP contribution in [0.2, 0.25) is 0 Å². The predicted octanol–water partition coefficient (Wildman–Crippen LogP) is 3.92. The first-order chi connectivity index (χ1) is 15.2. The van der Waals surface area contributed by atoms with Gasteiger partial charge in [0.2, 0.25) is 5.91 Å². The quantitative estimate of drug-likeness (QED) is 0.725. The van der Waals surface area contributed by atoms with Gasteiger partial charge in [-0.3, -0.25) is 14.4 Å². The Balaban J connectivity index is 1.68. The Hall–Kier alpha value is -2.87. The molecule has 8 heteroatoms. The van der Waals surface area contributed by atoms with E-state index >= 15 is 0 Å². The van der Waals surface area contributed by atoms with Gasteiger partial charge in [-0.05, 0) is 71.4 Å². The number of carbonyl (C=O) groups is 2. The Morgan fingerprint density at radius 2 is 1.84 bits per heavy atom. The van der Waals surface area contributed by atoms with Crippen molar-refractivity contribution in [2.75, 3.05) is 36.5 Å². The first-order valence-corrected chi connectivity index (χ1v) is 11.4. The molecule has 8 nitrogen and oxygen atoms in total. The molecule has 1 aromatic carbocycles. The third-order valence-corrected chi connectivity index (χ3v) is 6.31. The molecule has 2 aromatic rings. The summed E-state index contributed by atoms with van der Waals surface area (Å²) in [5, 5.41) is 4.63. The Bertz CT molecular complexity index is 993. The second-order valence-corrected chi connectivity index (χ2v) is 9.23. The van der Waals surface area contributed by atoms with E-state index in [2.05, 4.69) is 27.9 Å². The van der Waals surface area contributed by atoms with Gasteiger partial charge in [-0.2, -0.15) is 5.10 Å². The second kappa shape index (κ2) is 8.94. The van der Waals surface area contributed by atoms with E-state index in [-0.39, 0.29) is 18.1 Å². The molecule has 0 N–H and O–H groups in total. The molecular formula is C24H33N5O3. The number of amides is 2. The summed E-state index contributed by atoms with van der Waals surface area (Å²) in [6.07, 6.45) is 5.52. The Morgan fingerprint density at radius 1 is 1.12 bits per heavy atom. The number of hydrogen-bond acceptors (Lipinski definition) is 5. The molecule has 4 rings (SSSR count). The van der Waals surface area contributed by atoms with E-state index in [1.165, 1.54) is 0 Å². The molecule has 1 atom stereocenters. The van der Waals surface area contributed by atoms with Gasteiger partial charge >= 0.3 is 6.09 Å². The highest BCUT2D eigenvalue weighted by Crippen LogP contribution is 2.39. The smallest absolute Gasteiger partial charge is 0.414 e. The lowest BCUT2D eigenvalue weighted by atomic mass is 10.0. The van der Waals surface area contributed by atoms with Crippen molar-refractivity contribution in [2.24, 2.45) is 0 Å². The zero-order valence-corrected chi connectivity index (χ0v) is 19.6. The number of likely N-dealkylation sites (tertiary alicyclic amines) is 1. The molecule has 3 heterocycles. The summed E-state index contributed by atoms with van der Waals surface area (Å²) < 4.78 is 7.56. The number of carbonyl (C=O) groups excluding carboxylic acids is 2. The summed E-state index contributed by atoms with van der Waals surface area (Å²) in [6, 6.07) is 6.15. The van der Waals surface area contributed by atoms with Crippen LogP contribution in [-0.2, 0) is 9.53 Å². The third kappa shape index (κ3) is 4.37. The molecule has 1 saturated heterocycles. The average molecular weight is 440 g/mol. The number of fused-ring (bicyclic) bond motifs is 1. The number of rotatable bonds is 3. The summed E-state index contributed by atoms with van der Waals surface area (Å²) in [5.41, 5.74) is 3.37. The van der Waals surface area contributed by atoms with Crippen molar-refractivity contribution in [3.63, 3.8) is 0 Å². The molecule has 0 radical (unpaired) electrons. The van der Waals surface area contributed by atoms with Crippen molar-refractivity contribution >= 4 is 23.4 Å². The highest BCUT2D eigenvalue weighted by Gasteiger charge is 2.35. The van der Waals surface area contributed by atoms with Gasteiger partial charge in [0.25, 0.3) is 0 Å². The normalized spacial score (nSPS) is 19.9. The van der Waals surface area contributed by atoms with Crippen LogP contribution in [0.3, 0.4) is 0 Å². The topological polar surface area (TPSA) is 70.9 Å². The zero-order chi connectivity index (χ0) is 23.0. The van der Waals surface area contributed by atoms with Gasteiger partial charge in [0, 0.05) is 25.2 Å². The number of anilines is 2. The molecule has 0 aliphatic carbocycles. The standard InChI is InChI=1S/C24H33N5O3/c1-16(2)32-24(31)27-14-17(3)29(18(4)30)22-7-6-19(12-23(22)27)20-13-25-28(15-20)21-8-10-26(5)11-9-21/h6-7,12-13,15-17,21H,8-11,14H2,1-5H3. The average Bonchev–Trinajstić information content (AvgIpc) is 3.22. The highest BCUT2D eigenvalue weighted by atomic mass is 16.6. The first-order valence-electron chi connectivity index (χ1n) is 11.4. The second-order valence-electron chi connectivity index (χ2n) is 9.23. The third-order valence-electron chi connectivity index (χ3n) is 6.31. The van der Waals surface area contributed by atoms with Crippen LogP contribution in [0.4, 0.5) is 16.2 Å². The van der Waals surface area contributed by atoms with Crippen LogP contribution < -0.4 is 9.80 Å². The zero-order valence-electron chi connectivity index (χ0n) is 19.6. The van der Waals surface area contributed by atoms with E-state index in [9.17, 15) is 9.59 Å². The molecule has 0 bridgehead atoms. The summed E-state index contributed by atoms with van der Waals surface area (Å²) in [4.78, 5) is 31.0. The van der Waals surface area contributed by atoms with Crippen LogP contribution in [0.25, 0.3) is 11.1 Å². The molecule has 0 spiro atoms. The molecule has 0 saturated carbocycles. The van der Waals surface area contributed by atoms with Crippen molar-refractivity contribution in [1.82, 2.24) is 14.7 Å². The van der Waals surface area contributed by atoms with Crippen LogP contribution in [0.15, 0.2) is 30.6 Å². The fourth-order valence-corrected chi connectivity index (χ4v) is 4.67. The number of aromatic nitrogens is 2. The molecule has 2 aliphatic heterocycles. The largest absolute Gasteiger partial charge is 0.446 e. The Labute approximate surface area is 189 Å². The van der Waals surface area contributed by atoms with Crippen LogP contribution in [0, 0.1) is 0 Å². The maximum Gasteiger partial charge on any atom is 0.414 e. The molecule has 2 amide bonds. The van der Waals surface area contributed by atoms with Gasteiger partial charge in [0.05, 0.1) is 35.8 Å². The van der Waals surface area contributed by atoms with Gasteiger partial charge < -0.3 is 14.5 Å². The van der Waals surface area contributed by atoms with Crippen LogP contribution >= 0.6 is 0 Å². The number of hydrogen-bond donors (Lipinski definition) is 0. The maximum absolute atomic E-state index is 12.9. The summed E-state index contributed by atoms with van der Waals surface area (Å²) >= 11 is 0. The van der Waals surface area contributed by atoms with Crippen molar-refractivity contribution in [1.29, 1.82) is 0 Å². The molecule has 2 aliphatic rings. The van der Waals surface area contributed by atoms with Gasteiger partial charge in [-0.25, -0.2) is 4.79 Å². The van der Waals surface area contributed by atoms with Crippen LogP contribution in [0.5, 0.6) is 0 Å². The van der Waals surface area contributed by atoms with Gasteiger partial charge in [-0.1, -0.05) is 6.07 Å². The van der Waals surface area contributed by atoms with Crippen LogP contribution in [-0.4, -0.2) is 65.5 Å². The Morgan fingerprint density at radius 3 is 2.50 bits per heavy atom. The minimum absolute atomic E-state index is 0.0431. The molecule has 1 fully saturated rings. The lowest BCUT2D eigenvalue weighted by molar-refractivity contribution is -0.117. The number of piperidine rings is 1. The number of ether oxygens (including phenoxy) is 1. The molecule has 1 aromatic heterocycles. The SMILES string of the molecule is CC(=O)N1c2ccc(-c3cnn(C4CCN(C)CC4)c3)cc2N(C(=O)OC(C)C)CC1C. The van der Waals surface area contributed by atoms with E-state index in [1.807, 2.05) is 45.2 Å². The number of benzene rings is 1. The van der Waals surface area contributed by atoms with E-state index < -0.39 is 6.09 Å². The van der Waals surface area contributed by atoms with Gasteiger partial charge in [0.15, 0.2) is 0 Å².